The van der Waals surface area contributed by atoms with Gasteiger partial charge in [-0.05, 0) is 31.5 Å². The predicted molar refractivity (Wildman–Crippen MR) is 86.4 cm³/mol. The molecule has 0 saturated carbocycles. The lowest BCUT2D eigenvalue weighted by Gasteiger charge is -2.09. The number of hydrogen-bond donors (Lipinski definition) is 1. The van der Waals surface area contributed by atoms with Gasteiger partial charge in [0, 0.05) is 33.6 Å². The van der Waals surface area contributed by atoms with Crippen molar-refractivity contribution >= 4 is 34.2 Å². The van der Waals surface area contributed by atoms with Crippen molar-refractivity contribution in [1.29, 1.82) is 0 Å². The summed E-state index contributed by atoms with van der Waals surface area (Å²) in [5.41, 5.74) is 4.98. The van der Waals surface area contributed by atoms with E-state index in [2.05, 4.69) is 9.97 Å². The molecule has 0 atom stereocenters. The fraction of sp³-hybridized carbons (Fsp3) is 0.188. The molecule has 3 rings (SSSR count). The Bertz CT molecular complexity index is 811. The number of pyridine rings is 1. The molecule has 3 nitrogen and oxygen atoms in total. The Hall–Kier alpha value is -1.71. The highest BCUT2D eigenvalue weighted by atomic mass is 35.5. The number of benzene rings is 1. The molecule has 0 unspecified atom stereocenters. The highest BCUT2D eigenvalue weighted by molar-refractivity contribution is 6.35. The largest absolute Gasteiger partial charge is 0.487 e. The molecule has 3 aromatic rings. The third kappa shape index (κ3) is 2.71. The summed E-state index contributed by atoms with van der Waals surface area (Å²) < 4.78 is 5.90. The smallest absolute Gasteiger partial charge is 0.147 e. The third-order valence-corrected chi connectivity index (χ3v) is 4.13. The summed E-state index contributed by atoms with van der Waals surface area (Å²) >= 11 is 12.1. The van der Waals surface area contributed by atoms with Crippen LogP contribution in [-0.4, -0.2) is 9.97 Å². The monoisotopic (exact) mass is 320 g/mol. The second-order valence-corrected chi connectivity index (χ2v) is 5.78. The number of rotatable bonds is 3. The molecule has 0 bridgehead atoms. The number of aromatic nitrogens is 2. The van der Waals surface area contributed by atoms with Gasteiger partial charge >= 0.3 is 0 Å². The molecule has 0 aliphatic heterocycles. The minimum atomic E-state index is 0.381. The fourth-order valence-corrected chi connectivity index (χ4v) is 2.69. The van der Waals surface area contributed by atoms with Crippen LogP contribution in [0.5, 0.6) is 5.75 Å². The fourth-order valence-electron chi connectivity index (χ4n) is 2.22. The summed E-state index contributed by atoms with van der Waals surface area (Å²) in [6.07, 6.45) is 1.75. The zero-order chi connectivity index (χ0) is 15.0. The minimum Gasteiger partial charge on any atom is -0.487 e. The predicted octanol–water partition coefficient (Wildman–Crippen LogP) is 5.07. The van der Waals surface area contributed by atoms with E-state index >= 15 is 0 Å². The molecule has 2 heterocycles. The highest BCUT2D eigenvalue weighted by Crippen LogP contribution is 2.29. The van der Waals surface area contributed by atoms with E-state index in [4.69, 9.17) is 27.9 Å². The lowest BCUT2D eigenvalue weighted by molar-refractivity contribution is 0.309. The number of hydrogen-bond acceptors (Lipinski definition) is 2. The van der Waals surface area contributed by atoms with Crippen LogP contribution in [0.15, 0.2) is 30.5 Å². The first-order valence-electron chi connectivity index (χ1n) is 6.57. The number of aryl methyl sites for hydroxylation is 2. The molecule has 0 spiro atoms. The van der Waals surface area contributed by atoms with E-state index in [1.165, 1.54) is 0 Å². The van der Waals surface area contributed by atoms with E-state index in [0.717, 1.165) is 33.6 Å². The van der Waals surface area contributed by atoms with Gasteiger partial charge in [-0.3, -0.25) is 4.98 Å². The molecule has 2 aromatic heterocycles. The van der Waals surface area contributed by atoms with Crippen molar-refractivity contribution in [1.82, 2.24) is 9.97 Å². The van der Waals surface area contributed by atoms with Gasteiger partial charge in [0.2, 0.25) is 0 Å². The van der Waals surface area contributed by atoms with Crippen molar-refractivity contribution < 1.29 is 4.74 Å². The van der Waals surface area contributed by atoms with Crippen molar-refractivity contribution in [2.75, 3.05) is 0 Å². The zero-order valence-corrected chi connectivity index (χ0v) is 13.2. The van der Waals surface area contributed by atoms with Crippen molar-refractivity contribution in [2.45, 2.75) is 20.5 Å². The molecule has 0 aliphatic rings. The van der Waals surface area contributed by atoms with Crippen molar-refractivity contribution in [3.63, 3.8) is 0 Å². The zero-order valence-electron chi connectivity index (χ0n) is 11.7. The van der Waals surface area contributed by atoms with Crippen molar-refractivity contribution in [3.05, 3.63) is 57.3 Å². The Morgan fingerprint density at radius 1 is 1.19 bits per heavy atom. The number of nitrogens with one attached hydrogen (secondary N) is 1. The van der Waals surface area contributed by atoms with Gasteiger partial charge in [-0.15, -0.1) is 0 Å². The van der Waals surface area contributed by atoms with Gasteiger partial charge in [0.15, 0.2) is 0 Å². The van der Waals surface area contributed by atoms with Gasteiger partial charge in [0.25, 0.3) is 0 Å². The van der Waals surface area contributed by atoms with Crippen LogP contribution < -0.4 is 4.74 Å². The second kappa shape index (κ2) is 5.58. The van der Waals surface area contributed by atoms with Crippen molar-refractivity contribution in [2.24, 2.45) is 0 Å². The Morgan fingerprint density at radius 3 is 2.76 bits per heavy atom. The molecule has 0 radical (unpaired) electrons. The first-order chi connectivity index (χ1) is 10.1. The average molecular weight is 321 g/mol. The van der Waals surface area contributed by atoms with Crippen LogP contribution in [0, 0.1) is 13.8 Å². The van der Waals surface area contributed by atoms with Gasteiger partial charge in [-0.25, -0.2) is 0 Å². The molecule has 1 N–H and O–H groups in total. The summed E-state index contributed by atoms with van der Waals surface area (Å²) in [6, 6.07) is 7.24. The van der Waals surface area contributed by atoms with Crippen LogP contribution in [0.25, 0.3) is 11.0 Å². The molecule has 21 heavy (non-hydrogen) atoms. The van der Waals surface area contributed by atoms with Crippen LogP contribution in [-0.2, 0) is 6.61 Å². The molecular weight excluding hydrogens is 307 g/mol. The summed E-state index contributed by atoms with van der Waals surface area (Å²) in [5.74, 6) is 0.766. The van der Waals surface area contributed by atoms with Gasteiger partial charge in [-0.1, -0.05) is 29.3 Å². The molecule has 108 valence electrons. The number of halogens is 2. The average Bonchev–Trinajstić information content (AvgIpc) is 2.74. The van der Waals surface area contributed by atoms with Crippen LogP contribution in [0.2, 0.25) is 10.0 Å². The number of fused-ring (bicyclic) bond motifs is 1. The number of ether oxygens (including phenoxy) is 1. The lowest BCUT2D eigenvalue weighted by atomic mass is 10.2. The standard InChI is InChI=1S/C16H14Cl2N2O/c1-9-10(2)20-16-14(5-6-19-15(9)16)21-8-11-3-4-12(17)7-13(11)18/h3-7,20H,8H2,1-2H3. The van der Waals surface area contributed by atoms with E-state index in [-0.39, 0.29) is 0 Å². The summed E-state index contributed by atoms with van der Waals surface area (Å²) in [7, 11) is 0. The SMILES string of the molecule is Cc1[nH]c2c(OCc3ccc(Cl)cc3Cl)ccnc2c1C. The molecule has 0 aliphatic carbocycles. The van der Waals surface area contributed by atoms with Gasteiger partial charge < -0.3 is 9.72 Å². The first kappa shape index (κ1) is 14.2. The van der Waals surface area contributed by atoms with E-state index in [9.17, 15) is 0 Å². The normalized spacial score (nSPS) is 11.0. The number of H-pyrrole nitrogens is 1. The van der Waals surface area contributed by atoms with Crippen LogP contribution in [0.1, 0.15) is 16.8 Å². The number of nitrogens with zero attached hydrogens (tertiary/aromatic N) is 1. The topological polar surface area (TPSA) is 37.9 Å². The van der Waals surface area contributed by atoms with Crippen LogP contribution >= 0.6 is 23.2 Å². The molecule has 5 heteroatoms. The Labute approximate surface area is 132 Å². The van der Waals surface area contributed by atoms with Gasteiger partial charge in [-0.2, -0.15) is 0 Å². The molecule has 0 saturated heterocycles. The quantitative estimate of drug-likeness (QED) is 0.732. The van der Waals surface area contributed by atoms with Gasteiger partial charge in [0.1, 0.15) is 17.9 Å². The Balaban J connectivity index is 1.90. The third-order valence-electron chi connectivity index (χ3n) is 3.54. The maximum Gasteiger partial charge on any atom is 0.147 e. The van der Waals surface area contributed by atoms with E-state index < -0.39 is 0 Å². The van der Waals surface area contributed by atoms with E-state index in [1.54, 1.807) is 18.3 Å². The maximum atomic E-state index is 6.16. The first-order valence-corrected chi connectivity index (χ1v) is 7.32. The summed E-state index contributed by atoms with van der Waals surface area (Å²) in [4.78, 5) is 7.71. The molecule has 0 amide bonds. The van der Waals surface area contributed by atoms with E-state index in [1.807, 2.05) is 26.0 Å². The number of aromatic amines is 1. The van der Waals surface area contributed by atoms with Gasteiger partial charge in [0.05, 0.1) is 5.52 Å². The van der Waals surface area contributed by atoms with Crippen molar-refractivity contribution in [3.8, 4) is 5.75 Å². The second-order valence-electron chi connectivity index (χ2n) is 4.93. The van der Waals surface area contributed by atoms with Crippen LogP contribution in [0.4, 0.5) is 0 Å². The molecule has 0 fully saturated rings. The maximum absolute atomic E-state index is 6.16. The highest BCUT2D eigenvalue weighted by Gasteiger charge is 2.11. The molecular formula is C16H14Cl2N2O. The summed E-state index contributed by atoms with van der Waals surface area (Å²) in [6.45, 7) is 4.45. The van der Waals surface area contributed by atoms with Crippen LogP contribution in [0.3, 0.4) is 0 Å². The Morgan fingerprint density at radius 2 is 2.00 bits per heavy atom. The van der Waals surface area contributed by atoms with E-state index in [0.29, 0.717) is 16.7 Å². The Kier molecular flexibility index (Phi) is 3.79. The molecule has 1 aromatic carbocycles. The lowest BCUT2D eigenvalue weighted by Crippen LogP contribution is -1.97. The summed E-state index contributed by atoms with van der Waals surface area (Å²) in [5, 5.41) is 1.22. The minimum absolute atomic E-state index is 0.381.